The molecule has 0 spiro atoms. The van der Waals surface area contributed by atoms with E-state index in [4.69, 9.17) is 11.6 Å². The van der Waals surface area contributed by atoms with E-state index in [9.17, 15) is 4.79 Å². The molecule has 0 bridgehead atoms. The molecule has 1 rings (SSSR count). The lowest BCUT2D eigenvalue weighted by atomic mass is 10.1. The molecule has 0 aliphatic heterocycles. The van der Waals surface area contributed by atoms with Crippen molar-refractivity contribution in [1.29, 1.82) is 0 Å². The maximum atomic E-state index is 11.1. The van der Waals surface area contributed by atoms with E-state index in [2.05, 4.69) is 22.3 Å². The number of nitrogen functional groups attached to an aromatic ring is 1. The SMILES string of the molecule is CCCc1c(NN)ncnc1N(CC)CC(N)=O. The molecule has 5 N–H and O–H groups in total. The van der Waals surface area contributed by atoms with Crippen molar-refractivity contribution in [2.75, 3.05) is 23.4 Å². The predicted octanol–water partition coefficient (Wildman–Crippen LogP) is 0.0263. The summed E-state index contributed by atoms with van der Waals surface area (Å²) in [6.07, 6.45) is 3.14. The smallest absolute Gasteiger partial charge is 0.236 e. The zero-order valence-corrected chi connectivity index (χ0v) is 10.8. The van der Waals surface area contributed by atoms with Gasteiger partial charge in [-0.25, -0.2) is 15.8 Å². The van der Waals surface area contributed by atoms with Crippen LogP contribution in [0.2, 0.25) is 0 Å². The molecule has 7 nitrogen and oxygen atoms in total. The Hall–Kier alpha value is -1.89. The quantitative estimate of drug-likeness (QED) is 0.466. The van der Waals surface area contributed by atoms with E-state index in [0.29, 0.717) is 18.2 Å². The summed E-state index contributed by atoms with van der Waals surface area (Å²) < 4.78 is 0. The maximum absolute atomic E-state index is 11.1. The molecular formula is C11H20N6O. The number of hydrazine groups is 1. The van der Waals surface area contributed by atoms with E-state index < -0.39 is 0 Å². The predicted molar refractivity (Wildman–Crippen MR) is 70.9 cm³/mol. The van der Waals surface area contributed by atoms with Crippen LogP contribution in [0.15, 0.2) is 6.33 Å². The largest absolute Gasteiger partial charge is 0.368 e. The standard InChI is InChI=1S/C11H20N6O/c1-3-5-8-10(16-13)14-7-15-11(8)17(4-2)6-9(12)18/h7H,3-6,13H2,1-2H3,(H2,12,18)(H,14,15,16). The lowest BCUT2D eigenvalue weighted by Gasteiger charge is -2.23. The number of primary amides is 1. The number of hydrogen-bond donors (Lipinski definition) is 3. The fourth-order valence-electron chi connectivity index (χ4n) is 1.80. The topological polar surface area (TPSA) is 110 Å². The zero-order chi connectivity index (χ0) is 13.5. The highest BCUT2D eigenvalue weighted by molar-refractivity contribution is 5.79. The Morgan fingerprint density at radius 3 is 2.67 bits per heavy atom. The zero-order valence-electron chi connectivity index (χ0n) is 10.8. The maximum Gasteiger partial charge on any atom is 0.236 e. The van der Waals surface area contributed by atoms with Gasteiger partial charge in [0.15, 0.2) is 0 Å². The Bertz CT molecular complexity index is 409. The molecule has 0 aliphatic rings. The molecule has 1 heterocycles. The van der Waals surface area contributed by atoms with Crippen LogP contribution in [0.5, 0.6) is 0 Å². The molecule has 1 aromatic heterocycles. The summed E-state index contributed by atoms with van der Waals surface area (Å²) in [5.74, 6) is 6.35. The molecular weight excluding hydrogens is 232 g/mol. The second-order valence-electron chi connectivity index (χ2n) is 3.90. The van der Waals surface area contributed by atoms with Gasteiger partial charge in [-0.15, -0.1) is 0 Å². The molecule has 0 saturated heterocycles. The molecule has 1 aromatic rings. The van der Waals surface area contributed by atoms with E-state index in [1.54, 1.807) is 0 Å². The van der Waals surface area contributed by atoms with Crippen molar-refractivity contribution in [3.05, 3.63) is 11.9 Å². The first-order chi connectivity index (χ1) is 8.63. The van der Waals surface area contributed by atoms with E-state index in [1.165, 1.54) is 6.33 Å². The Morgan fingerprint density at radius 2 is 2.17 bits per heavy atom. The highest BCUT2D eigenvalue weighted by atomic mass is 16.1. The van der Waals surface area contributed by atoms with Crippen LogP contribution in [0.1, 0.15) is 25.8 Å². The van der Waals surface area contributed by atoms with Crippen molar-refractivity contribution >= 4 is 17.5 Å². The van der Waals surface area contributed by atoms with Gasteiger partial charge < -0.3 is 16.1 Å². The van der Waals surface area contributed by atoms with Crippen LogP contribution in [-0.2, 0) is 11.2 Å². The van der Waals surface area contributed by atoms with E-state index in [0.717, 1.165) is 18.4 Å². The lowest BCUT2D eigenvalue weighted by molar-refractivity contribution is -0.116. The van der Waals surface area contributed by atoms with Gasteiger partial charge in [0.1, 0.15) is 18.0 Å². The van der Waals surface area contributed by atoms with Crippen LogP contribution in [-0.4, -0.2) is 29.0 Å². The molecule has 0 radical (unpaired) electrons. The second-order valence-corrected chi connectivity index (χ2v) is 3.90. The van der Waals surface area contributed by atoms with Gasteiger partial charge in [0.25, 0.3) is 0 Å². The first-order valence-corrected chi connectivity index (χ1v) is 5.97. The minimum absolute atomic E-state index is 0.133. The van der Waals surface area contributed by atoms with Crippen LogP contribution in [0, 0.1) is 0 Å². The van der Waals surface area contributed by atoms with E-state index in [-0.39, 0.29) is 12.5 Å². The summed E-state index contributed by atoms with van der Waals surface area (Å²) in [6.45, 7) is 4.77. The van der Waals surface area contributed by atoms with Crippen LogP contribution in [0.25, 0.3) is 0 Å². The van der Waals surface area contributed by atoms with Gasteiger partial charge >= 0.3 is 0 Å². The molecule has 1 amide bonds. The number of carbonyl (C=O) groups is 1. The second kappa shape index (κ2) is 6.75. The number of carbonyl (C=O) groups excluding carboxylic acids is 1. The monoisotopic (exact) mass is 252 g/mol. The third kappa shape index (κ3) is 3.30. The Labute approximate surface area is 107 Å². The van der Waals surface area contributed by atoms with Gasteiger partial charge in [0.2, 0.25) is 5.91 Å². The van der Waals surface area contributed by atoms with E-state index in [1.807, 2.05) is 11.8 Å². The molecule has 0 atom stereocenters. The Balaban J connectivity index is 3.15. The Morgan fingerprint density at radius 1 is 1.44 bits per heavy atom. The molecule has 7 heteroatoms. The van der Waals surface area contributed by atoms with Crippen molar-refractivity contribution in [2.45, 2.75) is 26.7 Å². The van der Waals surface area contributed by atoms with Gasteiger partial charge in [-0.05, 0) is 13.3 Å². The van der Waals surface area contributed by atoms with Crippen LogP contribution < -0.4 is 21.9 Å². The van der Waals surface area contributed by atoms with Gasteiger partial charge in [-0.1, -0.05) is 13.3 Å². The summed E-state index contributed by atoms with van der Waals surface area (Å²) in [7, 11) is 0. The van der Waals surface area contributed by atoms with Crippen LogP contribution in [0.4, 0.5) is 11.6 Å². The highest BCUT2D eigenvalue weighted by Crippen LogP contribution is 2.24. The molecule has 100 valence electrons. The number of hydrogen-bond acceptors (Lipinski definition) is 6. The number of nitrogens with zero attached hydrogens (tertiary/aromatic N) is 3. The normalized spacial score (nSPS) is 10.2. The van der Waals surface area contributed by atoms with Gasteiger partial charge in [0, 0.05) is 12.1 Å². The van der Waals surface area contributed by atoms with E-state index >= 15 is 0 Å². The van der Waals surface area contributed by atoms with Gasteiger partial charge in [-0.2, -0.15) is 0 Å². The molecule has 0 fully saturated rings. The molecule has 0 saturated carbocycles. The van der Waals surface area contributed by atoms with Crippen LogP contribution >= 0.6 is 0 Å². The van der Waals surface area contributed by atoms with Crippen molar-refractivity contribution in [3.63, 3.8) is 0 Å². The third-order valence-corrected chi connectivity index (χ3v) is 2.59. The minimum atomic E-state index is -0.389. The van der Waals surface area contributed by atoms with Gasteiger partial charge in [-0.3, -0.25) is 4.79 Å². The average molecular weight is 252 g/mol. The fourth-order valence-corrected chi connectivity index (χ4v) is 1.80. The summed E-state index contributed by atoms with van der Waals surface area (Å²) in [6, 6.07) is 0. The molecule has 0 aliphatic carbocycles. The van der Waals surface area contributed by atoms with Crippen molar-refractivity contribution < 1.29 is 4.79 Å². The van der Waals surface area contributed by atoms with Crippen molar-refractivity contribution in [3.8, 4) is 0 Å². The minimum Gasteiger partial charge on any atom is -0.368 e. The molecule has 18 heavy (non-hydrogen) atoms. The lowest BCUT2D eigenvalue weighted by Crippen LogP contribution is -2.35. The highest BCUT2D eigenvalue weighted by Gasteiger charge is 2.16. The summed E-state index contributed by atoms with van der Waals surface area (Å²) in [5.41, 5.74) is 8.70. The van der Waals surface area contributed by atoms with Gasteiger partial charge in [0.05, 0.1) is 6.54 Å². The number of rotatable bonds is 7. The van der Waals surface area contributed by atoms with Crippen LogP contribution in [0.3, 0.4) is 0 Å². The number of amides is 1. The number of nitrogens with two attached hydrogens (primary N) is 2. The number of likely N-dealkylation sites (N-methyl/N-ethyl adjacent to an activating group) is 1. The first-order valence-electron chi connectivity index (χ1n) is 5.97. The summed E-state index contributed by atoms with van der Waals surface area (Å²) in [5, 5.41) is 0. The Kier molecular flexibility index (Phi) is 5.31. The molecule has 0 aromatic carbocycles. The van der Waals surface area contributed by atoms with Crippen molar-refractivity contribution in [1.82, 2.24) is 9.97 Å². The average Bonchev–Trinajstić information content (AvgIpc) is 2.36. The number of nitrogens with one attached hydrogen (secondary N) is 1. The third-order valence-electron chi connectivity index (χ3n) is 2.59. The molecule has 0 unspecified atom stereocenters. The summed E-state index contributed by atoms with van der Waals surface area (Å²) in [4.78, 5) is 21.2. The number of anilines is 2. The number of aromatic nitrogens is 2. The van der Waals surface area contributed by atoms with Crippen molar-refractivity contribution in [2.24, 2.45) is 11.6 Å². The fraction of sp³-hybridized carbons (Fsp3) is 0.545. The summed E-state index contributed by atoms with van der Waals surface area (Å²) >= 11 is 0. The first kappa shape index (κ1) is 14.2.